The average molecular weight is 910 g/mol. The molecular weight excluding hydrogens is 800 g/mol. The molecule has 4 fully saturated rings. The van der Waals surface area contributed by atoms with Crippen LogP contribution < -0.4 is 11.1 Å². The van der Waals surface area contributed by atoms with Crippen LogP contribution in [-0.2, 0) is 19.2 Å². The Hall–Kier alpha value is 0.130. The first-order valence-electron chi connectivity index (χ1n) is 18.4. The third kappa shape index (κ3) is 62.8. The maximum Gasteiger partial charge on any atom is 0.300 e. The molecule has 16 heteroatoms. The number of likely N-dealkylation sites (tertiary alicyclic amines) is 2. The largest absolute Gasteiger partial charge is 0.481 e. The lowest BCUT2D eigenvalue weighted by Crippen LogP contribution is -2.40. The molecule has 0 aliphatic carbocycles. The number of likely N-dealkylation sites (N-methyl/N-ethyl adjacent to an activating group) is 1. The van der Waals surface area contributed by atoms with E-state index in [2.05, 4.69) is 48.3 Å². The van der Waals surface area contributed by atoms with Gasteiger partial charge in [0.25, 0.3) is 5.97 Å². The number of hydrogen-bond donors (Lipinski definition) is 3. The highest BCUT2D eigenvalue weighted by atomic mass is 31.0. The molecule has 4 saturated heterocycles. The second-order valence-corrected chi connectivity index (χ2v) is 14.2. The van der Waals surface area contributed by atoms with E-state index in [4.69, 9.17) is 15.6 Å². The fourth-order valence-corrected chi connectivity index (χ4v) is 6.46. The summed E-state index contributed by atoms with van der Waals surface area (Å²) in [4.78, 5) is 48.3. The van der Waals surface area contributed by atoms with Crippen molar-refractivity contribution in [3.05, 3.63) is 0 Å². The number of carbonyl (C=O) groups is 4. The smallest absolute Gasteiger partial charge is 0.300 e. The van der Waals surface area contributed by atoms with Crippen LogP contribution in [0, 0.1) is 17.8 Å². The molecule has 8 atom stereocenters. The van der Waals surface area contributed by atoms with E-state index in [9.17, 15) is 14.4 Å². The van der Waals surface area contributed by atoms with Gasteiger partial charge in [-0.2, -0.15) is 39.6 Å². The molecule has 8 unspecified atom stereocenters. The Labute approximate surface area is 379 Å². The number of piperidine rings is 4. The normalized spacial score (nSPS) is 20.1. The van der Waals surface area contributed by atoms with E-state index in [1.165, 1.54) is 71.0 Å². The molecule has 0 bridgehead atoms. The van der Waals surface area contributed by atoms with Gasteiger partial charge in [-0.05, 0) is 143 Å². The second-order valence-electron chi connectivity index (χ2n) is 14.2. The van der Waals surface area contributed by atoms with Crippen molar-refractivity contribution in [2.75, 3.05) is 66.5 Å². The van der Waals surface area contributed by atoms with Gasteiger partial charge in [0, 0.05) is 45.3 Å². The Balaban J connectivity index is -0.0000000439. The van der Waals surface area contributed by atoms with Gasteiger partial charge >= 0.3 is 0 Å². The predicted molar refractivity (Wildman–Crippen MR) is 288 cm³/mol. The molecule has 0 aromatic rings. The molecule has 0 spiro atoms. The second kappa shape index (κ2) is 59.2. The number of aliphatic carboxylic acids is 1. The van der Waals surface area contributed by atoms with Gasteiger partial charge < -0.3 is 45.2 Å². The molecule has 0 aromatic carbocycles. The van der Waals surface area contributed by atoms with Crippen LogP contribution in [0.4, 0.5) is 0 Å². The van der Waals surface area contributed by atoms with Gasteiger partial charge in [-0.15, -0.1) is 0 Å². The lowest BCUT2D eigenvalue weighted by atomic mass is 9.86. The Morgan fingerprint density at radius 3 is 1.26 bits per heavy atom. The third-order valence-electron chi connectivity index (χ3n) is 8.43. The molecule has 0 saturated carbocycles. The van der Waals surface area contributed by atoms with E-state index in [1.807, 2.05) is 20.9 Å². The van der Waals surface area contributed by atoms with Crippen LogP contribution in [0.3, 0.4) is 0 Å². The van der Waals surface area contributed by atoms with E-state index in [0.29, 0.717) is 41.1 Å². The Morgan fingerprint density at radius 2 is 0.948 bits per heavy atom. The minimum Gasteiger partial charge on any atom is -0.481 e. The quantitative estimate of drug-likeness (QED) is 0.168. The fraction of sp³-hybridized carbons (Fsp3) is 0.905. The zero-order valence-corrected chi connectivity index (χ0v) is 40.9. The van der Waals surface area contributed by atoms with Crippen LogP contribution in [0.1, 0.15) is 143 Å². The number of nitrogens with two attached hydrogens (primary N) is 1. The summed E-state index contributed by atoms with van der Waals surface area (Å²) < 4.78 is 0. The molecule has 4 aliphatic rings. The molecule has 358 valence electrons. The number of rotatable bonds is 7. The number of carboxylic acid groups (broad SMARTS) is 1. The minimum atomic E-state index is -0.833. The van der Waals surface area contributed by atoms with Crippen molar-refractivity contribution in [1.29, 1.82) is 0 Å². The predicted octanol–water partition coefficient (Wildman–Crippen LogP) is 8.58. The maximum absolute atomic E-state index is 10.9. The van der Waals surface area contributed by atoms with Crippen molar-refractivity contribution in [2.45, 2.75) is 169 Å². The summed E-state index contributed by atoms with van der Waals surface area (Å²) in [6.45, 7) is 21.3. The lowest BCUT2D eigenvalue weighted by Gasteiger charge is -2.31. The van der Waals surface area contributed by atoms with Gasteiger partial charge in [0.15, 0.2) is 0 Å². The standard InChI is InChI=1S/C9H17BNO.C9H17NO.C8H15NO.C6H14N2.C2H6B.C2H4O2.6CH4.4H3P/c1-8(12)6-9-4-3-5-11(7-9)10-2;1-8(11)6-9-4-3-5-10(2)7-9;1-7(10)5-8-3-2-4-9-6-8;1-8-4-2-3-6(7)5-8;1-3-2;1-2(3)4;;;;;;;;;;/h9H,3-7H2,1-2H3;9H,3-7H2,1-2H3;8-9H,2-6H2,1H3;6H,2-5,7H2,1H3;1-2H3;1H3,(H,3,4);6*1H4;4*1H3. The van der Waals surface area contributed by atoms with Crippen molar-refractivity contribution in [3.63, 3.8) is 0 Å². The number of hydrogen-bond acceptors (Lipinski definition) is 9. The lowest BCUT2D eigenvalue weighted by molar-refractivity contribution is -0.134. The van der Waals surface area contributed by atoms with E-state index >= 15 is 0 Å². The van der Waals surface area contributed by atoms with Crippen molar-refractivity contribution in [2.24, 2.45) is 23.5 Å². The zero-order chi connectivity index (χ0) is 36.9. The monoisotopic (exact) mass is 910 g/mol. The van der Waals surface area contributed by atoms with Crippen molar-refractivity contribution in [1.82, 2.24) is 19.9 Å². The number of nitrogens with zero attached hydrogens (tertiary/aromatic N) is 3. The molecule has 4 heterocycles. The topological polar surface area (TPSA) is 136 Å². The van der Waals surface area contributed by atoms with Gasteiger partial charge in [0.1, 0.15) is 24.6 Å². The SMILES string of the molecule is C.C.C.C.C.C.CC(=O)CC1CCCN(C)C1.CC(=O)CC1CCCNC1.CC(=O)O.CN1CCCC(N)C1.C[B]C.C[B]N1CCCC(CC(C)=O)C1.P.P.P.P. The Morgan fingerprint density at radius 1 is 0.603 bits per heavy atom. The van der Waals surface area contributed by atoms with Crippen molar-refractivity contribution < 1.29 is 24.3 Å². The molecule has 0 amide bonds. The first-order chi connectivity index (χ1) is 22.6. The van der Waals surface area contributed by atoms with Crippen LogP contribution in [0.2, 0.25) is 20.5 Å². The molecule has 4 N–H and O–H groups in total. The summed E-state index contributed by atoms with van der Waals surface area (Å²) in [5, 5.41) is 10.7. The summed E-state index contributed by atoms with van der Waals surface area (Å²) >= 11 is 0. The Bertz CT molecular complexity index is 859. The van der Waals surface area contributed by atoms with Crippen LogP contribution in [-0.4, -0.2) is 130 Å². The van der Waals surface area contributed by atoms with Crippen molar-refractivity contribution in [3.8, 4) is 0 Å². The zero-order valence-electron chi connectivity index (χ0n) is 35.2. The minimum absolute atomic E-state index is 0. The van der Waals surface area contributed by atoms with Gasteiger partial charge in [-0.3, -0.25) is 4.79 Å². The molecule has 10 nitrogen and oxygen atoms in total. The van der Waals surface area contributed by atoms with E-state index in [-0.39, 0.29) is 84.2 Å². The summed E-state index contributed by atoms with van der Waals surface area (Å²) in [5.41, 5.74) is 5.68. The van der Waals surface area contributed by atoms with Crippen LogP contribution in [0.15, 0.2) is 0 Å². The highest BCUT2D eigenvalue weighted by Crippen LogP contribution is 2.19. The molecule has 2 radical (unpaired) electrons. The fourth-order valence-electron chi connectivity index (χ4n) is 6.46. The third-order valence-corrected chi connectivity index (χ3v) is 8.43. The van der Waals surface area contributed by atoms with Gasteiger partial charge in [0.2, 0.25) is 7.41 Å². The van der Waals surface area contributed by atoms with Crippen LogP contribution in [0.25, 0.3) is 0 Å². The molecule has 4 aliphatic heterocycles. The van der Waals surface area contributed by atoms with Crippen LogP contribution >= 0.6 is 39.6 Å². The van der Waals surface area contributed by atoms with Gasteiger partial charge in [0.05, 0.1) is 0 Å². The summed E-state index contributed by atoms with van der Waals surface area (Å²) in [6, 6.07) is 0.439. The summed E-state index contributed by atoms with van der Waals surface area (Å²) in [6.07, 6.45) is 12.2. The summed E-state index contributed by atoms with van der Waals surface area (Å²) in [5.74, 6) is 2.02. The van der Waals surface area contributed by atoms with E-state index in [1.54, 1.807) is 20.8 Å². The van der Waals surface area contributed by atoms with E-state index in [0.717, 1.165) is 58.9 Å². The summed E-state index contributed by atoms with van der Waals surface area (Å²) in [7, 11) is 8.39. The first kappa shape index (κ1) is 89.2. The number of ketones is 3. The average Bonchev–Trinajstić information content (AvgIpc) is 2.98. The van der Waals surface area contributed by atoms with Gasteiger partial charge in [-0.25, -0.2) is 0 Å². The first-order valence-corrected chi connectivity index (χ1v) is 18.4. The highest BCUT2D eigenvalue weighted by Gasteiger charge is 2.20. The molecular formula is C42H109B2N5O5P4. The Kier molecular flexibility index (Phi) is 91.0. The molecule has 0 aromatic heterocycles. The van der Waals surface area contributed by atoms with Crippen LogP contribution in [0.5, 0.6) is 0 Å². The van der Waals surface area contributed by atoms with Gasteiger partial charge in [-0.1, -0.05) is 65.0 Å². The number of carboxylic acids is 1. The molecule has 58 heavy (non-hydrogen) atoms. The number of Topliss-reactive ketones (excluding diaryl/α,β-unsaturated/α-hetero) is 3. The van der Waals surface area contributed by atoms with Crippen molar-refractivity contribution >= 4 is 77.6 Å². The highest BCUT2D eigenvalue weighted by molar-refractivity contribution is 6.92. The molecule has 4 rings (SSSR count). The maximum atomic E-state index is 10.9. The number of nitrogens with one attached hydrogen (secondary N) is 1. The number of carbonyl (C=O) groups excluding carboxylic acids is 3. The van der Waals surface area contributed by atoms with E-state index < -0.39 is 5.97 Å².